The zero-order chi connectivity index (χ0) is 14.7. The quantitative estimate of drug-likeness (QED) is 0.708. The highest BCUT2D eigenvalue weighted by atomic mass is 79.9. The molecule has 0 aliphatic rings. The molecule has 20 heavy (non-hydrogen) atoms. The summed E-state index contributed by atoms with van der Waals surface area (Å²) >= 11 is 13.0. The molecule has 0 aromatic heterocycles. The van der Waals surface area contributed by atoms with Crippen molar-refractivity contribution in [1.82, 2.24) is 0 Å². The lowest BCUT2D eigenvalue weighted by molar-refractivity contribution is 0.789. The molecule has 1 atom stereocenters. The standard InChI is InChI=1S/C15H15Br2ClN2/c1-9-2-3-10(6-13(9)17)15(8-19)20-11-4-5-12(16)14(18)7-11/h2-7,15,20H,8,19H2,1H3. The first-order chi connectivity index (χ1) is 9.51. The van der Waals surface area contributed by atoms with E-state index in [0.29, 0.717) is 11.6 Å². The Kier molecular flexibility index (Phi) is 5.49. The molecule has 2 rings (SSSR count). The lowest BCUT2D eigenvalue weighted by Crippen LogP contribution is -2.20. The largest absolute Gasteiger partial charge is 0.377 e. The van der Waals surface area contributed by atoms with E-state index in [4.69, 9.17) is 17.3 Å². The maximum Gasteiger partial charge on any atom is 0.0636 e. The van der Waals surface area contributed by atoms with E-state index >= 15 is 0 Å². The van der Waals surface area contributed by atoms with Gasteiger partial charge in [0, 0.05) is 21.2 Å². The van der Waals surface area contributed by atoms with Crippen LogP contribution in [0.15, 0.2) is 45.3 Å². The smallest absolute Gasteiger partial charge is 0.0636 e. The maximum atomic E-state index is 6.11. The van der Waals surface area contributed by atoms with E-state index in [0.717, 1.165) is 20.2 Å². The van der Waals surface area contributed by atoms with Crippen LogP contribution in [0.5, 0.6) is 0 Å². The fourth-order valence-corrected chi connectivity index (χ4v) is 2.71. The fraction of sp³-hybridized carbons (Fsp3) is 0.200. The molecule has 0 spiro atoms. The molecule has 0 radical (unpaired) electrons. The van der Waals surface area contributed by atoms with Crippen LogP contribution in [-0.2, 0) is 0 Å². The summed E-state index contributed by atoms with van der Waals surface area (Å²) in [7, 11) is 0. The molecular formula is C15H15Br2ClN2. The zero-order valence-electron chi connectivity index (χ0n) is 11.0. The first kappa shape index (κ1) is 15.8. The van der Waals surface area contributed by atoms with Gasteiger partial charge in [-0.15, -0.1) is 0 Å². The number of rotatable bonds is 4. The van der Waals surface area contributed by atoms with Gasteiger partial charge in [0.25, 0.3) is 0 Å². The van der Waals surface area contributed by atoms with Crippen LogP contribution in [0.2, 0.25) is 5.02 Å². The van der Waals surface area contributed by atoms with E-state index in [1.54, 1.807) is 0 Å². The Balaban J connectivity index is 2.23. The van der Waals surface area contributed by atoms with Gasteiger partial charge in [-0.2, -0.15) is 0 Å². The Morgan fingerprint density at radius 1 is 1.15 bits per heavy atom. The molecule has 3 N–H and O–H groups in total. The molecular weight excluding hydrogens is 403 g/mol. The molecule has 2 nitrogen and oxygen atoms in total. The van der Waals surface area contributed by atoms with E-state index < -0.39 is 0 Å². The van der Waals surface area contributed by atoms with Crippen LogP contribution in [0.1, 0.15) is 17.2 Å². The second-order valence-electron chi connectivity index (χ2n) is 4.57. The van der Waals surface area contributed by atoms with Gasteiger partial charge >= 0.3 is 0 Å². The second kappa shape index (κ2) is 6.94. The molecule has 5 heteroatoms. The number of hydrogen-bond donors (Lipinski definition) is 2. The molecule has 2 aromatic rings. The Labute approximate surface area is 141 Å². The molecule has 1 unspecified atom stereocenters. The minimum atomic E-state index is 0.0455. The summed E-state index contributed by atoms with van der Waals surface area (Å²) in [5, 5.41) is 4.09. The van der Waals surface area contributed by atoms with E-state index in [1.165, 1.54) is 5.56 Å². The molecule has 0 saturated carbocycles. The van der Waals surface area contributed by atoms with Gasteiger partial charge in [-0.3, -0.25) is 0 Å². The monoisotopic (exact) mass is 416 g/mol. The van der Waals surface area contributed by atoms with Crippen LogP contribution < -0.4 is 11.1 Å². The highest BCUT2D eigenvalue weighted by molar-refractivity contribution is 9.10. The first-order valence-electron chi connectivity index (χ1n) is 6.19. The summed E-state index contributed by atoms with van der Waals surface area (Å²) in [6.07, 6.45) is 0. The Hall–Kier alpha value is -0.550. The molecule has 0 heterocycles. The van der Waals surface area contributed by atoms with Crippen molar-refractivity contribution in [3.8, 4) is 0 Å². The second-order valence-corrected chi connectivity index (χ2v) is 6.69. The third kappa shape index (κ3) is 3.76. The van der Waals surface area contributed by atoms with Crippen LogP contribution in [0.4, 0.5) is 5.69 Å². The van der Waals surface area contributed by atoms with Gasteiger partial charge in [0.2, 0.25) is 0 Å². The number of halogens is 3. The van der Waals surface area contributed by atoms with Crippen molar-refractivity contribution in [3.63, 3.8) is 0 Å². The average Bonchev–Trinajstić information content (AvgIpc) is 2.43. The van der Waals surface area contributed by atoms with Crippen LogP contribution in [0.3, 0.4) is 0 Å². The zero-order valence-corrected chi connectivity index (χ0v) is 14.9. The fourth-order valence-electron chi connectivity index (χ4n) is 1.89. The summed E-state index contributed by atoms with van der Waals surface area (Å²) in [5.74, 6) is 0. The van der Waals surface area contributed by atoms with Crippen LogP contribution >= 0.6 is 43.5 Å². The third-order valence-corrected chi connectivity index (χ3v) is 5.18. The third-order valence-electron chi connectivity index (χ3n) is 3.09. The number of hydrogen-bond acceptors (Lipinski definition) is 2. The number of benzene rings is 2. The normalized spacial score (nSPS) is 12.2. The Morgan fingerprint density at radius 2 is 1.90 bits per heavy atom. The average molecular weight is 419 g/mol. The summed E-state index contributed by atoms with van der Waals surface area (Å²) in [4.78, 5) is 0. The predicted molar refractivity (Wildman–Crippen MR) is 93.4 cm³/mol. The number of nitrogens with one attached hydrogen (secondary N) is 1. The van der Waals surface area contributed by atoms with Gasteiger partial charge in [-0.05, 0) is 58.2 Å². The van der Waals surface area contributed by atoms with Gasteiger partial charge in [0.05, 0.1) is 11.1 Å². The summed E-state index contributed by atoms with van der Waals surface area (Å²) in [6, 6.07) is 12.1. The molecule has 0 bridgehead atoms. The van der Waals surface area contributed by atoms with Gasteiger partial charge in [0.1, 0.15) is 0 Å². The van der Waals surface area contributed by atoms with Crippen molar-refractivity contribution >= 4 is 49.1 Å². The molecule has 0 saturated heterocycles. The first-order valence-corrected chi connectivity index (χ1v) is 8.15. The molecule has 0 amide bonds. The Bertz CT molecular complexity index is 617. The van der Waals surface area contributed by atoms with Crippen molar-refractivity contribution in [1.29, 1.82) is 0 Å². The summed E-state index contributed by atoms with van der Waals surface area (Å²) in [6.45, 7) is 2.57. The summed E-state index contributed by atoms with van der Waals surface area (Å²) < 4.78 is 1.97. The molecule has 2 aromatic carbocycles. The SMILES string of the molecule is Cc1ccc(C(CN)Nc2ccc(Br)c(Cl)c2)cc1Br. The number of aryl methyl sites for hydroxylation is 1. The van der Waals surface area contributed by atoms with Crippen molar-refractivity contribution < 1.29 is 0 Å². The highest BCUT2D eigenvalue weighted by Crippen LogP contribution is 2.28. The number of anilines is 1. The van der Waals surface area contributed by atoms with Crippen molar-refractivity contribution in [2.45, 2.75) is 13.0 Å². The van der Waals surface area contributed by atoms with Gasteiger partial charge in [-0.25, -0.2) is 0 Å². The molecule has 0 aliphatic carbocycles. The maximum absolute atomic E-state index is 6.11. The van der Waals surface area contributed by atoms with Gasteiger partial charge in [-0.1, -0.05) is 39.7 Å². The van der Waals surface area contributed by atoms with E-state index in [-0.39, 0.29) is 6.04 Å². The van der Waals surface area contributed by atoms with Gasteiger partial charge < -0.3 is 11.1 Å². The van der Waals surface area contributed by atoms with E-state index in [1.807, 2.05) is 18.2 Å². The number of nitrogens with two attached hydrogens (primary N) is 1. The minimum absolute atomic E-state index is 0.0455. The van der Waals surface area contributed by atoms with Crippen LogP contribution in [0.25, 0.3) is 0 Å². The predicted octanol–water partition coefficient (Wildman–Crippen LogP) is 5.29. The van der Waals surface area contributed by atoms with Crippen molar-refractivity contribution in [2.24, 2.45) is 5.73 Å². The molecule has 106 valence electrons. The van der Waals surface area contributed by atoms with Crippen LogP contribution in [-0.4, -0.2) is 6.54 Å². The highest BCUT2D eigenvalue weighted by Gasteiger charge is 2.11. The Morgan fingerprint density at radius 3 is 2.50 bits per heavy atom. The topological polar surface area (TPSA) is 38.0 Å². The van der Waals surface area contributed by atoms with E-state index in [9.17, 15) is 0 Å². The van der Waals surface area contributed by atoms with Gasteiger partial charge in [0.15, 0.2) is 0 Å². The lowest BCUT2D eigenvalue weighted by atomic mass is 10.0. The van der Waals surface area contributed by atoms with E-state index in [2.05, 4.69) is 62.3 Å². The molecule has 0 aliphatic heterocycles. The van der Waals surface area contributed by atoms with Crippen LogP contribution in [0, 0.1) is 6.92 Å². The minimum Gasteiger partial charge on any atom is -0.377 e. The summed E-state index contributed by atoms with van der Waals surface area (Å²) in [5.41, 5.74) is 9.19. The lowest BCUT2D eigenvalue weighted by Gasteiger charge is -2.19. The van der Waals surface area contributed by atoms with Crippen molar-refractivity contribution in [2.75, 3.05) is 11.9 Å². The van der Waals surface area contributed by atoms with Crippen molar-refractivity contribution in [3.05, 3.63) is 61.5 Å². The molecule has 0 fully saturated rings.